The molecule has 0 saturated heterocycles. The maximum absolute atomic E-state index is 15.0. The Hall–Kier alpha value is -2.46. The van der Waals surface area contributed by atoms with Gasteiger partial charge in [0.25, 0.3) is 0 Å². The molecule has 10 heteroatoms. The highest BCUT2D eigenvalue weighted by Crippen LogP contribution is 2.49. The van der Waals surface area contributed by atoms with Crippen LogP contribution in [0.4, 0.5) is 17.6 Å². The van der Waals surface area contributed by atoms with E-state index in [0.29, 0.717) is 23.2 Å². The fourth-order valence-corrected chi connectivity index (χ4v) is 5.95. The van der Waals surface area contributed by atoms with Crippen LogP contribution in [-0.4, -0.2) is 36.9 Å². The molecule has 0 spiro atoms. The lowest BCUT2D eigenvalue weighted by atomic mass is 9.71. The Balaban J connectivity index is 1.58. The molecule has 4 rings (SSSR count). The van der Waals surface area contributed by atoms with Gasteiger partial charge in [-0.2, -0.15) is 13.2 Å². The SMILES string of the molecule is Cc1cc(S(=O)(=O)CC2CC(O)(C(F)(F)F)C2)ccc1-c1ccc2c(c1F)C(N)=NC2. The third-order valence-electron chi connectivity index (χ3n) is 5.99. The van der Waals surface area contributed by atoms with Crippen LogP contribution in [0.3, 0.4) is 0 Å². The average molecular weight is 456 g/mol. The van der Waals surface area contributed by atoms with E-state index in [4.69, 9.17) is 5.73 Å². The quantitative estimate of drug-likeness (QED) is 0.689. The summed E-state index contributed by atoms with van der Waals surface area (Å²) in [6.07, 6.45) is -6.06. The Labute approximate surface area is 176 Å². The van der Waals surface area contributed by atoms with Gasteiger partial charge in [0, 0.05) is 5.56 Å². The van der Waals surface area contributed by atoms with E-state index in [2.05, 4.69) is 4.99 Å². The lowest BCUT2D eigenvalue weighted by molar-refractivity contribution is -0.296. The number of hydrogen-bond donors (Lipinski definition) is 2. The number of nitrogens with zero attached hydrogens (tertiary/aromatic N) is 1. The van der Waals surface area contributed by atoms with E-state index < -0.39 is 51.9 Å². The normalized spacial score (nSPS) is 23.3. The van der Waals surface area contributed by atoms with E-state index in [0.717, 1.165) is 0 Å². The highest BCUT2D eigenvalue weighted by atomic mass is 32.2. The first kappa shape index (κ1) is 21.8. The highest BCUT2D eigenvalue weighted by Gasteiger charge is 2.61. The van der Waals surface area contributed by atoms with Crippen LogP contribution in [-0.2, 0) is 16.4 Å². The first-order valence-electron chi connectivity index (χ1n) is 9.57. The van der Waals surface area contributed by atoms with Crippen LogP contribution in [0.15, 0.2) is 40.2 Å². The van der Waals surface area contributed by atoms with Crippen molar-refractivity contribution in [1.82, 2.24) is 0 Å². The largest absolute Gasteiger partial charge is 0.417 e. The zero-order chi connectivity index (χ0) is 22.8. The van der Waals surface area contributed by atoms with Crippen LogP contribution >= 0.6 is 0 Å². The number of sulfone groups is 1. The van der Waals surface area contributed by atoms with E-state index in [9.17, 15) is 26.7 Å². The Morgan fingerprint density at radius 2 is 1.84 bits per heavy atom. The third-order valence-corrected chi connectivity index (χ3v) is 7.87. The summed E-state index contributed by atoms with van der Waals surface area (Å²) in [7, 11) is -3.88. The smallest absolute Gasteiger partial charge is 0.383 e. The van der Waals surface area contributed by atoms with Gasteiger partial charge >= 0.3 is 6.18 Å². The van der Waals surface area contributed by atoms with Gasteiger partial charge in [-0.25, -0.2) is 12.8 Å². The summed E-state index contributed by atoms with van der Waals surface area (Å²) in [5.41, 5.74) is 5.11. The summed E-state index contributed by atoms with van der Waals surface area (Å²) < 4.78 is 78.7. The van der Waals surface area contributed by atoms with Crippen molar-refractivity contribution in [3.05, 3.63) is 52.8 Å². The molecule has 0 atom stereocenters. The maximum Gasteiger partial charge on any atom is 0.417 e. The fraction of sp³-hybridized carbons (Fsp3) is 0.381. The number of fused-ring (bicyclic) bond motifs is 1. The van der Waals surface area contributed by atoms with Crippen molar-refractivity contribution in [3.63, 3.8) is 0 Å². The molecule has 2 aliphatic rings. The van der Waals surface area contributed by atoms with Gasteiger partial charge in [0.05, 0.1) is 22.8 Å². The number of alkyl halides is 3. The molecule has 166 valence electrons. The van der Waals surface area contributed by atoms with Crippen LogP contribution in [0.5, 0.6) is 0 Å². The number of hydrogen-bond acceptors (Lipinski definition) is 5. The number of rotatable bonds is 4. The molecule has 1 aliphatic heterocycles. The molecule has 2 aromatic carbocycles. The van der Waals surface area contributed by atoms with Gasteiger partial charge in [0.2, 0.25) is 0 Å². The Morgan fingerprint density at radius 1 is 1.19 bits per heavy atom. The standard InChI is InChI=1S/C21H20F4N2O3S/c1-11-6-14(31(29,30)10-12-7-20(28,8-12)21(23,24)25)3-5-15(11)16-4-2-13-9-27-19(26)17(13)18(16)22/h2-6,12,28H,7-10H2,1H3,(H2,26,27). The van der Waals surface area contributed by atoms with Crippen LogP contribution in [0.1, 0.15) is 29.5 Å². The molecule has 31 heavy (non-hydrogen) atoms. The maximum atomic E-state index is 15.0. The fourth-order valence-electron chi connectivity index (χ4n) is 4.27. The number of aliphatic hydroxyl groups is 1. The van der Waals surface area contributed by atoms with Crippen molar-refractivity contribution in [2.24, 2.45) is 16.6 Å². The summed E-state index contributed by atoms with van der Waals surface area (Å²) in [5.74, 6) is -1.70. The van der Waals surface area contributed by atoms with E-state index >= 15 is 4.39 Å². The minimum Gasteiger partial charge on any atom is -0.383 e. The summed E-state index contributed by atoms with van der Waals surface area (Å²) in [6, 6.07) is 7.48. The van der Waals surface area contributed by atoms with Gasteiger partial charge in [-0.3, -0.25) is 4.99 Å². The minimum absolute atomic E-state index is 0.0566. The van der Waals surface area contributed by atoms with Crippen LogP contribution in [0, 0.1) is 18.7 Å². The molecule has 2 aromatic rings. The summed E-state index contributed by atoms with van der Waals surface area (Å²) in [5, 5.41) is 9.53. The molecule has 1 aliphatic carbocycles. The third kappa shape index (κ3) is 3.61. The van der Waals surface area contributed by atoms with Crippen molar-refractivity contribution < 1.29 is 31.1 Å². The predicted octanol–water partition coefficient (Wildman–Crippen LogP) is 3.50. The first-order valence-corrected chi connectivity index (χ1v) is 11.2. The molecule has 0 aromatic heterocycles. The number of aryl methyl sites for hydroxylation is 1. The lowest BCUT2D eigenvalue weighted by Gasteiger charge is -2.44. The number of benzene rings is 2. The second kappa shape index (κ2) is 7.03. The van der Waals surface area contributed by atoms with Crippen LogP contribution in [0.2, 0.25) is 0 Å². The van der Waals surface area contributed by atoms with E-state index in [1.165, 1.54) is 18.2 Å². The van der Waals surface area contributed by atoms with Crippen LogP contribution < -0.4 is 5.73 Å². The van der Waals surface area contributed by atoms with E-state index in [-0.39, 0.29) is 21.9 Å². The number of amidine groups is 1. The lowest BCUT2D eigenvalue weighted by Crippen LogP contribution is -2.56. The minimum atomic E-state index is -4.78. The number of halogens is 4. The van der Waals surface area contributed by atoms with Gasteiger partial charge < -0.3 is 10.8 Å². The zero-order valence-electron chi connectivity index (χ0n) is 16.5. The Bertz CT molecular complexity index is 1200. The molecular weight excluding hydrogens is 436 g/mol. The summed E-state index contributed by atoms with van der Waals surface area (Å²) in [4.78, 5) is 3.97. The number of aliphatic imine (C=N–C) groups is 1. The van der Waals surface area contributed by atoms with E-state index in [1.807, 2.05) is 0 Å². The van der Waals surface area contributed by atoms with E-state index in [1.54, 1.807) is 19.1 Å². The molecule has 0 unspecified atom stereocenters. The van der Waals surface area contributed by atoms with Crippen molar-refractivity contribution >= 4 is 15.7 Å². The molecule has 0 radical (unpaired) electrons. The first-order chi connectivity index (χ1) is 14.3. The molecule has 1 saturated carbocycles. The molecule has 3 N–H and O–H groups in total. The van der Waals surface area contributed by atoms with Gasteiger partial charge in [0.15, 0.2) is 15.4 Å². The molecule has 0 bridgehead atoms. The van der Waals surface area contributed by atoms with Crippen molar-refractivity contribution in [3.8, 4) is 11.1 Å². The molecule has 0 amide bonds. The van der Waals surface area contributed by atoms with Gasteiger partial charge in [-0.05, 0) is 54.5 Å². The Morgan fingerprint density at radius 3 is 2.45 bits per heavy atom. The van der Waals surface area contributed by atoms with Gasteiger partial charge in [0.1, 0.15) is 11.7 Å². The summed E-state index contributed by atoms with van der Waals surface area (Å²) >= 11 is 0. The van der Waals surface area contributed by atoms with Crippen molar-refractivity contribution in [2.45, 2.75) is 43.0 Å². The Kier molecular flexibility index (Phi) is 4.93. The molecule has 1 fully saturated rings. The molecule has 1 heterocycles. The topological polar surface area (TPSA) is 92.8 Å². The van der Waals surface area contributed by atoms with Crippen molar-refractivity contribution in [1.29, 1.82) is 0 Å². The zero-order valence-corrected chi connectivity index (χ0v) is 17.3. The highest BCUT2D eigenvalue weighted by molar-refractivity contribution is 7.91. The molecular formula is C21H20F4N2O3S. The van der Waals surface area contributed by atoms with Gasteiger partial charge in [-0.1, -0.05) is 18.2 Å². The van der Waals surface area contributed by atoms with Gasteiger partial charge in [-0.15, -0.1) is 0 Å². The number of nitrogens with two attached hydrogens (primary N) is 1. The van der Waals surface area contributed by atoms with Crippen LogP contribution in [0.25, 0.3) is 11.1 Å². The predicted molar refractivity (Wildman–Crippen MR) is 107 cm³/mol. The average Bonchev–Trinajstić information content (AvgIpc) is 3.02. The van der Waals surface area contributed by atoms with Crippen molar-refractivity contribution in [2.75, 3.05) is 5.75 Å². The summed E-state index contributed by atoms with van der Waals surface area (Å²) in [6.45, 7) is 1.93. The monoisotopic (exact) mass is 456 g/mol. The molecule has 5 nitrogen and oxygen atoms in total. The second-order valence-corrected chi connectivity index (χ2v) is 10.3. The second-order valence-electron chi connectivity index (χ2n) is 8.22.